The number of hydrogen-bond acceptors (Lipinski definition) is 5. The van der Waals surface area contributed by atoms with Crippen LogP contribution in [0.1, 0.15) is 21.5 Å². The number of pyridine rings is 2. The van der Waals surface area contributed by atoms with Gasteiger partial charge in [0.25, 0.3) is 5.91 Å². The molecule has 0 aliphatic heterocycles. The molecule has 1 amide bonds. The zero-order valence-corrected chi connectivity index (χ0v) is 17.3. The van der Waals surface area contributed by atoms with E-state index in [9.17, 15) is 4.79 Å². The summed E-state index contributed by atoms with van der Waals surface area (Å²) in [5, 5.41) is 7.16. The predicted octanol–water partition coefficient (Wildman–Crippen LogP) is 4.22. The van der Waals surface area contributed by atoms with Crippen LogP contribution in [0.3, 0.4) is 0 Å². The molecule has 0 atom stereocenters. The molecule has 6 heteroatoms. The van der Waals surface area contributed by atoms with Crippen LogP contribution >= 0.6 is 0 Å². The molecular formula is C25H24N4O2. The van der Waals surface area contributed by atoms with Crippen molar-refractivity contribution in [3.8, 4) is 5.75 Å². The van der Waals surface area contributed by atoms with Crippen molar-refractivity contribution in [1.29, 1.82) is 0 Å². The lowest BCUT2D eigenvalue weighted by Gasteiger charge is -2.12. The first-order chi connectivity index (χ1) is 15.2. The van der Waals surface area contributed by atoms with Gasteiger partial charge in [-0.2, -0.15) is 0 Å². The summed E-state index contributed by atoms with van der Waals surface area (Å²) in [7, 11) is 1.65. The molecule has 0 aliphatic carbocycles. The van der Waals surface area contributed by atoms with Gasteiger partial charge >= 0.3 is 0 Å². The number of fused-ring (bicyclic) bond motifs is 1. The molecule has 0 bridgehead atoms. The SMILES string of the molecule is COc1ccc(CCNC(=O)c2cc(NCc3cccnc3)nc3ccccc23)cc1. The fourth-order valence-electron chi connectivity index (χ4n) is 3.36. The minimum Gasteiger partial charge on any atom is -0.497 e. The lowest BCUT2D eigenvalue weighted by Crippen LogP contribution is -2.26. The molecule has 6 nitrogen and oxygen atoms in total. The van der Waals surface area contributed by atoms with Crippen LogP contribution in [0.5, 0.6) is 5.75 Å². The molecule has 2 heterocycles. The average molecular weight is 412 g/mol. The first kappa shape index (κ1) is 20.3. The Bertz CT molecular complexity index is 1160. The molecule has 2 N–H and O–H groups in total. The molecule has 4 aromatic rings. The number of carbonyl (C=O) groups is 1. The van der Waals surface area contributed by atoms with Crippen molar-refractivity contribution in [2.75, 3.05) is 19.0 Å². The molecule has 4 rings (SSSR count). The number of aromatic nitrogens is 2. The average Bonchev–Trinajstić information content (AvgIpc) is 2.83. The van der Waals surface area contributed by atoms with Crippen LogP contribution in [0.2, 0.25) is 0 Å². The molecule has 156 valence electrons. The van der Waals surface area contributed by atoms with Crippen LogP contribution in [0, 0.1) is 0 Å². The van der Waals surface area contributed by atoms with Crippen LogP contribution in [0.4, 0.5) is 5.82 Å². The Morgan fingerprint density at radius 2 is 1.84 bits per heavy atom. The second kappa shape index (κ2) is 9.71. The summed E-state index contributed by atoms with van der Waals surface area (Å²) in [6.45, 7) is 1.12. The van der Waals surface area contributed by atoms with Gasteiger partial charge < -0.3 is 15.4 Å². The van der Waals surface area contributed by atoms with E-state index in [0.717, 1.165) is 34.2 Å². The van der Waals surface area contributed by atoms with Gasteiger partial charge in [-0.15, -0.1) is 0 Å². The smallest absolute Gasteiger partial charge is 0.252 e. The Labute approximate surface area is 181 Å². The lowest BCUT2D eigenvalue weighted by molar-refractivity contribution is 0.0955. The van der Waals surface area contributed by atoms with E-state index in [0.29, 0.717) is 24.5 Å². The quantitative estimate of drug-likeness (QED) is 0.453. The zero-order valence-electron chi connectivity index (χ0n) is 17.3. The van der Waals surface area contributed by atoms with E-state index >= 15 is 0 Å². The minimum absolute atomic E-state index is 0.114. The fourth-order valence-corrected chi connectivity index (χ4v) is 3.36. The Morgan fingerprint density at radius 3 is 2.61 bits per heavy atom. The first-order valence-electron chi connectivity index (χ1n) is 10.2. The molecule has 0 spiro atoms. The van der Waals surface area contributed by atoms with Crippen LogP contribution in [0.25, 0.3) is 10.9 Å². The first-order valence-corrected chi connectivity index (χ1v) is 10.2. The van der Waals surface area contributed by atoms with Crippen LogP contribution in [0.15, 0.2) is 79.1 Å². The summed E-state index contributed by atoms with van der Waals surface area (Å²) in [6.07, 6.45) is 4.29. The highest BCUT2D eigenvalue weighted by Crippen LogP contribution is 2.21. The molecule has 0 saturated heterocycles. The summed E-state index contributed by atoms with van der Waals surface area (Å²) < 4.78 is 5.18. The number of benzene rings is 2. The molecule has 2 aromatic carbocycles. The third-order valence-electron chi connectivity index (χ3n) is 5.02. The van der Waals surface area contributed by atoms with Gasteiger partial charge in [0, 0.05) is 30.9 Å². The van der Waals surface area contributed by atoms with Crippen molar-refractivity contribution in [2.45, 2.75) is 13.0 Å². The van der Waals surface area contributed by atoms with E-state index in [2.05, 4.69) is 20.6 Å². The molecule has 0 saturated carbocycles. The maximum atomic E-state index is 13.0. The summed E-state index contributed by atoms with van der Waals surface area (Å²) >= 11 is 0. The van der Waals surface area contributed by atoms with Crippen molar-refractivity contribution in [3.05, 3.63) is 95.8 Å². The summed E-state index contributed by atoms with van der Waals surface area (Å²) in [4.78, 5) is 21.8. The Hall–Kier alpha value is -3.93. The van der Waals surface area contributed by atoms with Crippen molar-refractivity contribution in [3.63, 3.8) is 0 Å². The van der Waals surface area contributed by atoms with Crippen molar-refractivity contribution in [2.24, 2.45) is 0 Å². The largest absolute Gasteiger partial charge is 0.497 e. The molecule has 31 heavy (non-hydrogen) atoms. The zero-order chi connectivity index (χ0) is 21.5. The van der Waals surface area contributed by atoms with Gasteiger partial charge in [-0.25, -0.2) is 4.98 Å². The van der Waals surface area contributed by atoms with E-state index in [1.54, 1.807) is 25.6 Å². The van der Waals surface area contributed by atoms with Gasteiger partial charge in [-0.05, 0) is 47.9 Å². The number of para-hydroxylation sites is 1. The molecule has 0 fully saturated rings. The summed E-state index contributed by atoms with van der Waals surface area (Å²) in [5.41, 5.74) is 3.57. The van der Waals surface area contributed by atoms with E-state index in [1.807, 2.05) is 60.7 Å². The van der Waals surface area contributed by atoms with Gasteiger partial charge in [-0.3, -0.25) is 9.78 Å². The highest BCUT2D eigenvalue weighted by atomic mass is 16.5. The number of rotatable bonds is 8. The molecule has 2 aromatic heterocycles. The number of methoxy groups -OCH3 is 1. The van der Waals surface area contributed by atoms with E-state index in [4.69, 9.17) is 4.74 Å². The topological polar surface area (TPSA) is 76.1 Å². The number of nitrogens with one attached hydrogen (secondary N) is 2. The monoisotopic (exact) mass is 412 g/mol. The number of ether oxygens (including phenoxy) is 1. The van der Waals surface area contributed by atoms with E-state index in [1.165, 1.54) is 0 Å². The fraction of sp³-hybridized carbons (Fsp3) is 0.160. The molecule has 0 unspecified atom stereocenters. The summed E-state index contributed by atoms with van der Waals surface area (Å²) in [6, 6.07) is 21.2. The van der Waals surface area contributed by atoms with Crippen molar-refractivity contribution < 1.29 is 9.53 Å². The van der Waals surface area contributed by atoms with Crippen LogP contribution in [-0.2, 0) is 13.0 Å². The normalized spacial score (nSPS) is 10.6. The Kier molecular flexibility index (Phi) is 6.38. The van der Waals surface area contributed by atoms with Crippen molar-refractivity contribution >= 4 is 22.6 Å². The Balaban J connectivity index is 1.47. The molecule has 0 radical (unpaired) electrons. The standard InChI is InChI=1S/C25H24N4O2/c1-31-20-10-8-18(9-11-20)12-14-27-25(30)22-15-24(28-17-19-5-4-13-26-16-19)29-23-7-3-2-6-21(22)23/h2-11,13,15-16H,12,14,17H2,1H3,(H,27,30)(H,28,29). The van der Waals surface area contributed by atoms with Crippen LogP contribution < -0.4 is 15.4 Å². The summed E-state index contributed by atoms with van der Waals surface area (Å²) in [5.74, 6) is 1.36. The second-order valence-electron chi connectivity index (χ2n) is 7.14. The van der Waals surface area contributed by atoms with Gasteiger partial charge in [0.1, 0.15) is 11.6 Å². The second-order valence-corrected chi connectivity index (χ2v) is 7.14. The number of anilines is 1. The third kappa shape index (κ3) is 5.17. The highest BCUT2D eigenvalue weighted by molar-refractivity contribution is 6.07. The number of amides is 1. The minimum atomic E-state index is -0.114. The number of nitrogens with zero attached hydrogens (tertiary/aromatic N) is 2. The Morgan fingerprint density at radius 1 is 1.00 bits per heavy atom. The van der Waals surface area contributed by atoms with Gasteiger partial charge in [-0.1, -0.05) is 36.4 Å². The van der Waals surface area contributed by atoms with Gasteiger partial charge in [0.15, 0.2) is 0 Å². The molecular weight excluding hydrogens is 388 g/mol. The van der Waals surface area contributed by atoms with Crippen LogP contribution in [-0.4, -0.2) is 29.5 Å². The number of carbonyl (C=O) groups excluding carboxylic acids is 1. The predicted molar refractivity (Wildman–Crippen MR) is 122 cm³/mol. The maximum absolute atomic E-state index is 13.0. The highest BCUT2D eigenvalue weighted by Gasteiger charge is 2.13. The maximum Gasteiger partial charge on any atom is 0.252 e. The van der Waals surface area contributed by atoms with Crippen molar-refractivity contribution in [1.82, 2.24) is 15.3 Å². The number of hydrogen-bond donors (Lipinski definition) is 2. The van der Waals surface area contributed by atoms with Gasteiger partial charge in [0.2, 0.25) is 0 Å². The third-order valence-corrected chi connectivity index (χ3v) is 5.02. The van der Waals surface area contributed by atoms with Gasteiger partial charge in [0.05, 0.1) is 18.2 Å². The van der Waals surface area contributed by atoms with E-state index < -0.39 is 0 Å². The lowest BCUT2D eigenvalue weighted by atomic mass is 10.1. The van der Waals surface area contributed by atoms with E-state index in [-0.39, 0.29) is 5.91 Å². The molecule has 0 aliphatic rings.